The average Bonchev–Trinajstić information content (AvgIpc) is 2.48. The number of aryl methyl sites for hydroxylation is 1. The lowest BCUT2D eigenvalue weighted by molar-refractivity contribution is -0.133. The fourth-order valence-electron chi connectivity index (χ4n) is 2.88. The predicted octanol–water partition coefficient (Wildman–Crippen LogP) is 2.35. The van der Waals surface area contributed by atoms with Crippen molar-refractivity contribution >= 4 is 5.91 Å². The van der Waals surface area contributed by atoms with Crippen molar-refractivity contribution < 1.29 is 9.53 Å². The van der Waals surface area contributed by atoms with Gasteiger partial charge in [-0.15, -0.1) is 0 Å². The van der Waals surface area contributed by atoms with Crippen LogP contribution in [0.2, 0.25) is 0 Å². The van der Waals surface area contributed by atoms with Crippen molar-refractivity contribution in [3.8, 4) is 5.75 Å². The summed E-state index contributed by atoms with van der Waals surface area (Å²) >= 11 is 0. The molecule has 0 spiro atoms. The summed E-state index contributed by atoms with van der Waals surface area (Å²) in [4.78, 5) is 14.2. The van der Waals surface area contributed by atoms with Gasteiger partial charge in [-0.3, -0.25) is 4.79 Å². The molecule has 0 saturated carbocycles. The van der Waals surface area contributed by atoms with Crippen molar-refractivity contribution in [2.75, 3.05) is 26.2 Å². The van der Waals surface area contributed by atoms with E-state index in [0.29, 0.717) is 25.5 Å². The number of ether oxygens (including phenoxy) is 1. The number of piperidine rings is 1. The van der Waals surface area contributed by atoms with Crippen LogP contribution in [0.1, 0.15) is 31.2 Å². The largest absolute Gasteiger partial charge is 0.493 e. The van der Waals surface area contributed by atoms with E-state index in [1.165, 1.54) is 12.0 Å². The molecule has 2 rings (SSSR count). The zero-order valence-corrected chi connectivity index (χ0v) is 12.9. The van der Waals surface area contributed by atoms with Crippen LogP contribution in [0.25, 0.3) is 0 Å². The number of nitrogens with zero attached hydrogens (tertiary/aromatic N) is 1. The minimum Gasteiger partial charge on any atom is -0.493 e. The number of hydrogen-bond donors (Lipinski definition) is 1. The van der Waals surface area contributed by atoms with Crippen molar-refractivity contribution in [3.05, 3.63) is 29.8 Å². The Bertz CT molecular complexity index is 460. The zero-order valence-electron chi connectivity index (χ0n) is 12.9. The molecule has 116 valence electrons. The molecule has 1 saturated heterocycles. The highest BCUT2D eigenvalue weighted by Crippen LogP contribution is 2.19. The van der Waals surface area contributed by atoms with Gasteiger partial charge >= 0.3 is 0 Å². The summed E-state index contributed by atoms with van der Waals surface area (Å²) in [6.45, 7) is 4.93. The Balaban J connectivity index is 1.74. The van der Waals surface area contributed by atoms with Gasteiger partial charge in [0.05, 0.1) is 13.0 Å². The van der Waals surface area contributed by atoms with Gasteiger partial charge in [-0.1, -0.05) is 12.1 Å². The summed E-state index contributed by atoms with van der Waals surface area (Å²) in [5, 5.41) is 0. The van der Waals surface area contributed by atoms with Gasteiger partial charge in [0.25, 0.3) is 0 Å². The van der Waals surface area contributed by atoms with E-state index < -0.39 is 0 Å². The van der Waals surface area contributed by atoms with Crippen LogP contribution in [-0.2, 0) is 4.79 Å². The molecule has 0 aromatic heterocycles. The normalized spacial score (nSPS) is 18.6. The second-order valence-electron chi connectivity index (χ2n) is 5.84. The minimum absolute atomic E-state index is 0.198. The van der Waals surface area contributed by atoms with Gasteiger partial charge in [0.1, 0.15) is 5.75 Å². The average molecular weight is 290 g/mol. The Morgan fingerprint density at radius 1 is 1.48 bits per heavy atom. The molecule has 0 aliphatic carbocycles. The molecule has 1 aliphatic heterocycles. The molecule has 1 fully saturated rings. The summed E-state index contributed by atoms with van der Waals surface area (Å²) in [7, 11) is 0. The standard InChI is InChI=1S/C17H26N2O2/c1-14-4-2-6-16(12-14)21-11-8-17(20)19-10-3-5-15(13-19)7-9-18/h2,4,6,12,15H,3,5,7-11,13,18H2,1H3. The van der Waals surface area contributed by atoms with Crippen molar-refractivity contribution in [3.63, 3.8) is 0 Å². The number of hydrogen-bond acceptors (Lipinski definition) is 3. The highest BCUT2D eigenvalue weighted by atomic mass is 16.5. The third kappa shape index (κ3) is 5.05. The molecule has 1 atom stereocenters. The van der Waals surface area contributed by atoms with Gasteiger partial charge in [-0.2, -0.15) is 0 Å². The monoisotopic (exact) mass is 290 g/mol. The zero-order chi connectivity index (χ0) is 15.1. The van der Waals surface area contributed by atoms with Crippen LogP contribution < -0.4 is 10.5 Å². The predicted molar refractivity (Wildman–Crippen MR) is 84.3 cm³/mol. The van der Waals surface area contributed by atoms with E-state index in [2.05, 4.69) is 0 Å². The molecule has 1 aromatic rings. The molecule has 4 heteroatoms. The quantitative estimate of drug-likeness (QED) is 0.875. The lowest BCUT2D eigenvalue weighted by atomic mass is 9.95. The molecule has 1 amide bonds. The molecule has 1 aromatic carbocycles. The van der Waals surface area contributed by atoms with Gasteiger partial charge in [0.15, 0.2) is 0 Å². The molecule has 0 radical (unpaired) electrons. The molecule has 1 unspecified atom stereocenters. The number of amides is 1. The summed E-state index contributed by atoms with van der Waals surface area (Å²) in [5.41, 5.74) is 6.78. The molecule has 0 bridgehead atoms. The number of carbonyl (C=O) groups is 1. The van der Waals surface area contributed by atoms with Crippen molar-refractivity contribution in [2.24, 2.45) is 11.7 Å². The highest BCUT2D eigenvalue weighted by Gasteiger charge is 2.22. The fourth-order valence-corrected chi connectivity index (χ4v) is 2.88. The first-order valence-electron chi connectivity index (χ1n) is 7.86. The molecular formula is C17H26N2O2. The van der Waals surface area contributed by atoms with Gasteiger partial charge in [-0.05, 0) is 56.3 Å². The summed E-state index contributed by atoms with van der Waals surface area (Å²) in [5.74, 6) is 1.61. The van der Waals surface area contributed by atoms with E-state index in [1.807, 2.05) is 36.1 Å². The third-order valence-electron chi connectivity index (χ3n) is 4.02. The number of rotatable bonds is 6. The van der Waals surface area contributed by atoms with Crippen LogP contribution in [-0.4, -0.2) is 37.0 Å². The van der Waals surface area contributed by atoms with E-state index in [-0.39, 0.29) is 5.91 Å². The maximum absolute atomic E-state index is 12.2. The molecule has 2 N–H and O–H groups in total. The van der Waals surface area contributed by atoms with Gasteiger partial charge in [0, 0.05) is 13.1 Å². The Kier molecular flexibility index (Phi) is 6.05. The second kappa shape index (κ2) is 8.03. The molecule has 4 nitrogen and oxygen atoms in total. The minimum atomic E-state index is 0.198. The van der Waals surface area contributed by atoms with Crippen LogP contribution in [0.3, 0.4) is 0 Å². The topological polar surface area (TPSA) is 55.6 Å². The smallest absolute Gasteiger partial charge is 0.226 e. The van der Waals surface area contributed by atoms with Crippen molar-refractivity contribution in [1.29, 1.82) is 0 Å². The summed E-state index contributed by atoms with van der Waals surface area (Å²) in [6, 6.07) is 7.91. The second-order valence-corrected chi connectivity index (χ2v) is 5.84. The van der Waals surface area contributed by atoms with Crippen molar-refractivity contribution in [2.45, 2.75) is 32.6 Å². The van der Waals surface area contributed by atoms with E-state index in [4.69, 9.17) is 10.5 Å². The van der Waals surface area contributed by atoms with Crippen LogP contribution >= 0.6 is 0 Å². The van der Waals surface area contributed by atoms with Crippen LogP contribution in [0.4, 0.5) is 0 Å². The lowest BCUT2D eigenvalue weighted by Crippen LogP contribution is -2.40. The number of likely N-dealkylation sites (tertiary alicyclic amines) is 1. The number of nitrogens with two attached hydrogens (primary N) is 1. The van der Waals surface area contributed by atoms with E-state index in [0.717, 1.165) is 31.7 Å². The highest BCUT2D eigenvalue weighted by molar-refractivity contribution is 5.76. The van der Waals surface area contributed by atoms with Gasteiger partial charge in [-0.25, -0.2) is 0 Å². The van der Waals surface area contributed by atoms with E-state index in [1.54, 1.807) is 0 Å². The molecule has 21 heavy (non-hydrogen) atoms. The number of carbonyl (C=O) groups excluding carboxylic acids is 1. The van der Waals surface area contributed by atoms with E-state index >= 15 is 0 Å². The van der Waals surface area contributed by atoms with E-state index in [9.17, 15) is 4.79 Å². The lowest BCUT2D eigenvalue weighted by Gasteiger charge is -2.32. The summed E-state index contributed by atoms with van der Waals surface area (Å²) in [6.07, 6.45) is 3.75. The van der Waals surface area contributed by atoms with Crippen LogP contribution in [0, 0.1) is 12.8 Å². The molecule has 1 aliphatic rings. The SMILES string of the molecule is Cc1cccc(OCCC(=O)N2CCCC(CCN)C2)c1. The summed E-state index contributed by atoms with van der Waals surface area (Å²) < 4.78 is 5.66. The Hall–Kier alpha value is -1.55. The Labute approximate surface area is 127 Å². The first-order chi connectivity index (χ1) is 10.2. The molecular weight excluding hydrogens is 264 g/mol. The maximum atomic E-state index is 12.2. The van der Waals surface area contributed by atoms with Crippen LogP contribution in [0.15, 0.2) is 24.3 Å². The van der Waals surface area contributed by atoms with Gasteiger partial charge < -0.3 is 15.4 Å². The Morgan fingerprint density at radius 3 is 3.10 bits per heavy atom. The van der Waals surface area contributed by atoms with Gasteiger partial charge in [0.2, 0.25) is 5.91 Å². The fraction of sp³-hybridized carbons (Fsp3) is 0.588. The number of benzene rings is 1. The first kappa shape index (κ1) is 15.8. The molecule has 1 heterocycles. The third-order valence-corrected chi connectivity index (χ3v) is 4.02. The van der Waals surface area contributed by atoms with Crippen molar-refractivity contribution in [1.82, 2.24) is 4.90 Å². The Morgan fingerprint density at radius 2 is 2.33 bits per heavy atom. The maximum Gasteiger partial charge on any atom is 0.226 e. The van der Waals surface area contributed by atoms with Crippen LogP contribution in [0.5, 0.6) is 5.75 Å². The first-order valence-corrected chi connectivity index (χ1v) is 7.86.